The van der Waals surface area contributed by atoms with Crippen molar-refractivity contribution in [1.82, 2.24) is 9.97 Å². The van der Waals surface area contributed by atoms with Crippen molar-refractivity contribution in [2.75, 3.05) is 6.61 Å². The van der Waals surface area contributed by atoms with Crippen LogP contribution >= 0.6 is 0 Å². The maximum atomic E-state index is 13.8. The highest BCUT2D eigenvalue weighted by molar-refractivity contribution is 5.91. The molecule has 0 saturated heterocycles. The van der Waals surface area contributed by atoms with Gasteiger partial charge in [0.05, 0.1) is 0 Å². The van der Waals surface area contributed by atoms with E-state index >= 15 is 0 Å². The molecule has 0 saturated carbocycles. The Kier molecular flexibility index (Phi) is 5.97. The SMILES string of the molecule is NC(=O)c1c[nH]c(=O)c(-c2cccc(-c3cc(F)ccc3OCC(F)(F)C(F)(F)F)c2)n1. The van der Waals surface area contributed by atoms with Gasteiger partial charge in [-0.1, -0.05) is 18.2 Å². The van der Waals surface area contributed by atoms with Gasteiger partial charge >= 0.3 is 12.1 Å². The first-order valence-electron chi connectivity index (χ1n) is 8.76. The standard InChI is InChI=1S/C20H13F6N3O3/c21-12-4-5-15(32-9-19(22,23)20(24,25)26)13(7-12)10-2-1-3-11(6-10)16-18(31)28-8-14(29-16)17(27)30/h1-8H,9H2,(H2,27,30)(H,28,31). The first kappa shape index (κ1) is 22.8. The zero-order valence-electron chi connectivity index (χ0n) is 15.8. The number of aromatic amines is 1. The third-order valence-corrected chi connectivity index (χ3v) is 4.25. The lowest BCUT2D eigenvalue weighted by molar-refractivity contribution is -0.289. The number of benzene rings is 2. The van der Waals surface area contributed by atoms with Crippen LogP contribution in [0.3, 0.4) is 0 Å². The van der Waals surface area contributed by atoms with Crippen molar-refractivity contribution in [2.24, 2.45) is 5.73 Å². The monoisotopic (exact) mass is 457 g/mol. The largest absolute Gasteiger partial charge is 0.486 e. The lowest BCUT2D eigenvalue weighted by Gasteiger charge is -2.21. The quantitative estimate of drug-likeness (QED) is 0.549. The minimum atomic E-state index is -5.83. The van der Waals surface area contributed by atoms with Gasteiger partial charge in [-0.25, -0.2) is 9.37 Å². The molecule has 6 nitrogen and oxygen atoms in total. The van der Waals surface area contributed by atoms with Crippen LogP contribution in [0, 0.1) is 5.82 Å². The van der Waals surface area contributed by atoms with Crippen LogP contribution in [0.15, 0.2) is 53.5 Å². The number of carbonyl (C=O) groups excluding carboxylic acids is 1. The first-order valence-corrected chi connectivity index (χ1v) is 8.76. The van der Waals surface area contributed by atoms with Gasteiger partial charge in [-0.05, 0) is 29.8 Å². The van der Waals surface area contributed by atoms with Crippen molar-refractivity contribution in [3.05, 3.63) is 70.5 Å². The van der Waals surface area contributed by atoms with E-state index < -0.39 is 41.7 Å². The van der Waals surface area contributed by atoms with Crippen LogP contribution < -0.4 is 16.0 Å². The Labute approximate surface area is 175 Å². The highest BCUT2D eigenvalue weighted by Crippen LogP contribution is 2.38. The van der Waals surface area contributed by atoms with Crippen LogP contribution in [0.2, 0.25) is 0 Å². The number of aromatic nitrogens is 2. The topological polar surface area (TPSA) is 98.1 Å². The van der Waals surface area contributed by atoms with Crippen molar-refractivity contribution in [1.29, 1.82) is 0 Å². The Morgan fingerprint density at radius 1 is 1.06 bits per heavy atom. The number of carbonyl (C=O) groups is 1. The van der Waals surface area contributed by atoms with Crippen LogP contribution in [0.25, 0.3) is 22.4 Å². The molecule has 3 rings (SSSR count). The van der Waals surface area contributed by atoms with Crippen LogP contribution in [-0.4, -0.2) is 34.6 Å². The molecule has 0 aliphatic carbocycles. The van der Waals surface area contributed by atoms with E-state index in [0.29, 0.717) is 0 Å². The van der Waals surface area contributed by atoms with Gasteiger partial charge in [-0.2, -0.15) is 22.0 Å². The molecule has 0 bridgehead atoms. The Balaban J connectivity index is 2.03. The molecule has 0 aliphatic heterocycles. The fraction of sp³-hybridized carbons (Fsp3) is 0.150. The highest BCUT2D eigenvalue weighted by atomic mass is 19.4. The maximum absolute atomic E-state index is 13.8. The summed E-state index contributed by atoms with van der Waals surface area (Å²) in [5, 5.41) is 0. The second-order valence-corrected chi connectivity index (χ2v) is 6.54. The predicted octanol–water partition coefficient (Wildman–Crippen LogP) is 3.92. The van der Waals surface area contributed by atoms with E-state index in [4.69, 9.17) is 5.73 Å². The van der Waals surface area contributed by atoms with Gasteiger partial charge in [0.15, 0.2) is 6.61 Å². The average molecular weight is 457 g/mol. The van der Waals surface area contributed by atoms with Crippen LogP contribution in [0.5, 0.6) is 5.75 Å². The summed E-state index contributed by atoms with van der Waals surface area (Å²) in [6.45, 7) is -2.02. The molecule has 1 aromatic heterocycles. The zero-order valence-corrected chi connectivity index (χ0v) is 15.8. The van der Waals surface area contributed by atoms with Gasteiger partial charge in [0.2, 0.25) is 0 Å². The summed E-state index contributed by atoms with van der Waals surface area (Å²) in [6, 6.07) is 8.12. The molecule has 0 atom stereocenters. The minimum Gasteiger partial charge on any atom is -0.486 e. The number of primary amides is 1. The normalized spacial score (nSPS) is 11.9. The molecule has 1 heterocycles. The van der Waals surface area contributed by atoms with E-state index in [-0.39, 0.29) is 28.1 Å². The molecule has 0 fully saturated rings. The van der Waals surface area contributed by atoms with E-state index in [9.17, 15) is 35.9 Å². The summed E-state index contributed by atoms with van der Waals surface area (Å²) in [4.78, 5) is 29.6. The maximum Gasteiger partial charge on any atom is 0.456 e. The Morgan fingerprint density at radius 2 is 1.75 bits per heavy atom. The van der Waals surface area contributed by atoms with Gasteiger partial charge in [0.1, 0.15) is 23.0 Å². The minimum absolute atomic E-state index is 0.123. The number of rotatable bonds is 6. The highest BCUT2D eigenvalue weighted by Gasteiger charge is 2.58. The molecule has 0 radical (unpaired) electrons. The van der Waals surface area contributed by atoms with Crippen molar-refractivity contribution in [3.8, 4) is 28.1 Å². The molecule has 2 aromatic carbocycles. The average Bonchev–Trinajstić information content (AvgIpc) is 2.72. The number of ether oxygens (including phenoxy) is 1. The lowest BCUT2D eigenvalue weighted by atomic mass is 10.0. The number of nitrogens with two attached hydrogens (primary N) is 1. The van der Waals surface area contributed by atoms with E-state index in [0.717, 1.165) is 24.4 Å². The second kappa shape index (κ2) is 8.36. The smallest absolute Gasteiger partial charge is 0.456 e. The van der Waals surface area contributed by atoms with Gasteiger partial charge in [-0.15, -0.1) is 0 Å². The summed E-state index contributed by atoms with van der Waals surface area (Å²) in [7, 11) is 0. The predicted molar refractivity (Wildman–Crippen MR) is 101 cm³/mol. The number of amides is 1. The number of halogens is 6. The lowest BCUT2D eigenvalue weighted by Crippen LogP contribution is -2.41. The Hall–Kier alpha value is -3.83. The third-order valence-electron chi connectivity index (χ3n) is 4.25. The molecular formula is C20H13F6N3O3. The number of nitrogens with zero attached hydrogens (tertiary/aromatic N) is 1. The zero-order chi connectivity index (χ0) is 23.7. The molecule has 0 unspecified atom stereocenters. The fourth-order valence-electron chi connectivity index (χ4n) is 2.67. The Morgan fingerprint density at radius 3 is 2.41 bits per heavy atom. The van der Waals surface area contributed by atoms with Crippen LogP contribution in [0.1, 0.15) is 10.5 Å². The molecule has 12 heteroatoms. The van der Waals surface area contributed by atoms with Crippen LogP contribution in [0.4, 0.5) is 26.3 Å². The second-order valence-electron chi connectivity index (χ2n) is 6.54. The van der Waals surface area contributed by atoms with Gasteiger partial charge in [0.25, 0.3) is 11.5 Å². The van der Waals surface area contributed by atoms with E-state index in [1.54, 1.807) is 0 Å². The first-order chi connectivity index (χ1) is 14.9. The summed E-state index contributed by atoms with van der Waals surface area (Å²) < 4.78 is 82.3. The molecule has 168 valence electrons. The van der Waals surface area contributed by atoms with Crippen molar-refractivity contribution in [2.45, 2.75) is 12.1 Å². The Bertz CT molecular complexity index is 1220. The molecular weight excluding hydrogens is 444 g/mol. The number of hydrogen-bond acceptors (Lipinski definition) is 4. The van der Waals surface area contributed by atoms with Crippen molar-refractivity contribution in [3.63, 3.8) is 0 Å². The number of alkyl halides is 5. The molecule has 3 aromatic rings. The molecule has 0 aliphatic rings. The molecule has 0 spiro atoms. The van der Waals surface area contributed by atoms with Gasteiger partial charge in [0, 0.05) is 17.3 Å². The van der Waals surface area contributed by atoms with Crippen molar-refractivity contribution < 1.29 is 35.9 Å². The molecule has 1 amide bonds. The third kappa shape index (κ3) is 4.74. The fourth-order valence-corrected chi connectivity index (χ4v) is 2.67. The number of H-pyrrole nitrogens is 1. The van der Waals surface area contributed by atoms with E-state index in [2.05, 4.69) is 14.7 Å². The summed E-state index contributed by atoms with van der Waals surface area (Å²) in [6.07, 6.45) is -4.82. The van der Waals surface area contributed by atoms with E-state index in [1.807, 2.05) is 0 Å². The molecule has 32 heavy (non-hydrogen) atoms. The number of nitrogens with one attached hydrogen (secondary N) is 1. The van der Waals surface area contributed by atoms with Crippen molar-refractivity contribution >= 4 is 5.91 Å². The van der Waals surface area contributed by atoms with Gasteiger partial charge < -0.3 is 15.5 Å². The van der Waals surface area contributed by atoms with E-state index in [1.165, 1.54) is 24.3 Å². The van der Waals surface area contributed by atoms with Gasteiger partial charge in [-0.3, -0.25) is 9.59 Å². The summed E-state index contributed by atoms with van der Waals surface area (Å²) >= 11 is 0. The summed E-state index contributed by atoms with van der Waals surface area (Å²) in [5.41, 5.74) is 4.12. The number of hydrogen-bond donors (Lipinski definition) is 2. The van der Waals surface area contributed by atoms with Crippen LogP contribution in [-0.2, 0) is 0 Å². The summed E-state index contributed by atoms with van der Waals surface area (Å²) in [5.74, 6) is -7.30. The molecule has 3 N–H and O–H groups in total.